The topological polar surface area (TPSA) is 64.4 Å². The van der Waals surface area contributed by atoms with E-state index in [1.165, 1.54) is 0 Å². The number of amides is 1. The van der Waals surface area contributed by atoms with Crippen molar-refractivity contribution >= 4 is 17.5 Å². The van der Waals surface area contributed by atoms with Crippen LogP contribution in [0.4, 0.5) is 0 Å². The number of carbonyl (C=O) groups excluding carboxylic acids is 1. The van der Waals surface area contributed by atoms with E-state index in [1.54, 1.807) is 26.0 Å². The van der Waals surface area contributed by atoms with Crippen LogP contribution in [0.3, 0.4) is 0 Å². The van der Waals surface area contributed by atoms with Gasteiger partial charge in [-0.15, -0.1) is 0 Å². The largest absolute Gasteiger partial charge is 0.479 e. The zero-order valence-corrected chi connectivity index (χ0v) is 13.0. The number of benzene rings is 1. The Morgan fingerprint density at radius 3 is 2.82 bits per heavy atom. The molecule has 0 unspecified atom stereocenters. The van der Waals surface area contributed by atoms with Crippen LogP contribution in [-0.4, -0.2) is 24.2 Å². The number of aromatic nitrogens is 1. The lowest BCUT2D eigenvalue weighted by Crippen LogP contribution is -2.24. The average molecular weight is 319 g/mol. The van der Waals surface area contributed by atoms with E-state index in [9.17, 15) is 4.79 Å². The number of aryl methyl sites for hydroxylation is 2. The number of para-hydroxylation sites is 1. The molecule has 0 bridgehead atoms. The van der Waals surface area contributed by atoms with E-state index in [0.717, 1.165) is 0 Å². The van der Waals surface area contributed by atoms with Crippen molar-refractivity contribution in [1.29, 1.82) is 0 Å². The standard InChI is InChI=1S/C16H15ClN2O3/c1-11-15(12(2)22-19-11)16(20)18-9-5-6-10-21-14-8-4-3-7-13(14)17/h3-4,7-8H,9-10H2,1-2H3,(H,18,20). The van der Waals surface area contributed by atoms with Gasteiger partial charge in [-0.1, -0.05) is 40.7 Å². The number of rotatable bonds is 4. The molecule has 1 amide bonds. The Bertz CT molecular complexity index is 709. The molecule has 0 radical (unpaired) electrons. The van der Waals surface area contributed by atoms with Gasteiger partial charge in [0.05, 0.1) is 17.3 Å². The Balaban J connectivity index is 1.78. The highest BCUT2D eigenvalue weighted by Gasteiger charge is 2.16. The number of hydrogen-bond donors (Lipinski definition) is 1. The second-order valence-corrected chi connectivity index (χ2v) is 4.86. The molecule has 0 spiro atoms. The summed E-state index contributed by atoms with van der Waals surface area (Å²) in [4.78, 5) is 11.9. The molecular formula is C16H15ClN2O3. The Kier molecular flexibility index (Phi) is 5.45. The first-order chi connectivity index (χ1) is 10.6. The summed E-state index contributed by atoms with van der Waals surface area (Å²) in [6, 6.07) is 7.17. The second kappa shape index (κ2) is 7.53. The third kappa shape index (κ3) is 4.03. The number of nitrogens with zero attached hydrogens (tertiary/aromatic N) is 1. The van der Waals surface area contributed by atoms with Crippen molar-refractivity contribution in [1.82, 2.24) is 10.5 Å². The van der Waals surface area contributed by atoms with Crippen LogP contribution >= 0.6 is 11.6 Å². The highest BCUT2D eigenvalue weighted by Crippen LogP contribution is 2.22. The van der Waals surface area contributed by atoms with E-state index < -0.39 is 0 Å². The average Bonchev–Trinajstić information content (AvgIpc) is 2.83. The Morgan fingerprint density at radius 2 is 2.14 bits per heavy atom. The van der Waals surface area contributed by atoms with Gasteiger partial charge in [-0.2, -0.15) is 0 Å². The summed E-state index contributed by atoms with van der Waals surface area (Å²) in [7, 11) is 0. The van der Waals surface area contributed by atoms with Crippen molar-refractivity contribution in [2.75, 3.05) is 13.2 Å². The molecule has 0 atom stereocenters. The lowest BCUT2D eigenvalue weighted by atomic mass is 10.2. The first kappa shape index (κ1) is 15.9. The summed E-state index contributed by atoms with van der Waals surface area (Å²) in [5, 5.41) is 6.95. The molecule has 0 fully saturated rings. The van der Waals surface area contributed by atoms with Gasteiger partial charge in [0.15, 0.2) is 0 Å². The fourth-order valence-corrected chi connectivity index (χ4v) is 2.00. The van der Waals surface area contributed by atoms with Gasteiger partial charge >= 0.3 is 0 Å². The van der Waals surface area contributed by atoms with Crippen LogP contribution in [0, 0.1) is 25.7 Å². The van der Waals surface area contributed by atoms with E-state index in [2.05, 4.69) is 22.3 Å². The van der Waals surface area contributed by atoms with Gasteiger partial charge in [0.2, 0.25) is 0 Å². The van der Waals surface area contributed by atoms with Crippen molar-refractivity contribution in [2.45, 2.75) is 13.8 Å². The highest BCUT2D eigenvalue weighted by molar-refractivity contribution is 6.32. The number of halogens is 1. The van der Waals surface area contributed by atoms with Crippen LogP contribution in [0.25, 0.3) is 0 Å². The van der Waals surface area contributed by atoms with Gasteiger partial charge in [0.1, 0.15) is 23.7 Å². The molecule has 1 aromatic carbocycles. The molecule has 1 aromatic heterocycles. The van der Waals surface area contributed by atoms with Crippen molar-refractivity contribution < 1.29 is 14.1 Å². The van der Waals surface area contributed by atoms with Crippen LogP contribution in [0.2, 0.25) is 5.02 Å². The molecule has 5 nitrogen and oxygen atoms in total. The van der Waals surface area contributed by atoms with Gasteiger partial charge in [-0.3, -0.25) is 4.79 Å². The Morgan fingerprint density at radius 1 is 1.36 bits per heavy atom. The van der Waals surface area contributed by atoms with E-state index in [0.29, 0.717) is 27.8 Å². The highest BCUT2D eigenvalue weighted by atomic mass is 35.5. The smallest absolute Gasteiger partial charge is 0.257 e. The molecule has 1 N–H and O–H groups in total. The molecule has 0 saturated heterocycles. The van der Waals surface area contributed by atoms with E-state index in [-0.39, 0.29) is 19.1 Å². The zero-order chi connectivity index (χ0) is 15.9. The first-order valence-electron chi connectivity index (χ1n) is 6.63. The van der Waals surface area contributed by atoms with Crippen molar-refractivity contribution in [2.24, 2.45) is 0 Å². The van der Waals surface area contributed by atoms with E-state index >= 15 is 0 Å². The lowest BCUT2D eigenvalue weighted by molar-refractivity contribution is 0.0956. The van der Waals surface area contributed by atoms with Crippen molar-refractivity contribution in [3.05, 3.63) is 46.3 Å². The third-order valence-electron chi connectivity index (χ3n) is 2.86. The maximum Gasteiger partial charge on any atom is 0.257 e. The summed E-state index contributed by atoms with van der Waals surface area (Å²) < 4.78 is 10.4. The maximum atomic E-state index is 11.9. The Labute approximate surface area is 133 Å². The van der Waals surface area contributed by atoms with Gasteiger partial charge in [0, 0.05) is 0 Å². The zero-order valence-electron chi connectivity index (χ0n) is 12.3. The molecule has 0 aliphatic carbocycles. The summed E-state index contributed by atoms with van der Waals surface area (Å²) in [6.45, 7) is 3.83. The van der Waals surface area contributed by atoms with Crippen LogP contribution in [0.1, 0.15) is 21.8 Å². The summed E-state index contributed by atoms with van der Waals surface area (Å²) in [5.74, 6) is 6.43. The molecule has 2 rings (SSSR count). The predicted molar refractivity (Wildman–Crippen MR) is 83.0 cm³/mol. The van der Waals surface area contributed by atoms with E-state index in [1.807, 2.05) is 12.1 Å². The third-order valence-corrected chi connectivity index (χ3v) is 3.17. The quantitative estimate of drug-likeness (QED) is 0.880. The maximum absolute atomic E-state index is 11.9. The molecule has 1 heterocycles. The first-order valence-corrected chi connectivity index (χ1v) is 7.01. The van der Waals surface area contributed by atoms with E-state index in [4.69, 9.17) is 20.9 Å². The summed E-state index contributed by atoms with van der Waals surface area (Å²) in [6.07, 6.45) is 0. The minimum absolute atomic E-state index is 0.199. The number of nitrogens with one attached hydrogen (secondary N) is 1. The van der Waals surface area contributed by atoms with Crippen LogP contribution in [0.15, 0.2) is 28.8 Å². The molecule has 6 heteroatoms. The number of ether oxygens (including phenoxy) is 1. The van der Waals surface area contributed by atoms with Crippen molar-refractivity contribution in [3.8, 4) is 17.6 Å². The molecule has 0 aliphatic heterocycles. The summed E-state index contributed by atoms with van der Waals surface area (Å²) in [5.41, 5.74) is 1.01. The van der Waals surface area contributed by atoms with Crippen molar-refractivity contribution in [3.63, 3.8) is 0 Å². The SMILES string of the molecule is Cc1noc(C)c1C(=O)NCC#CCOc1ccccc1Cl. The normalized spacial score (nSPS) is 9.77. The minimum atomic E-state index is -0.252. The van der Waals surface area contributed by atoms with Crippen LogP contribution in [0.5, 0.6) is 5.75 Å². The van der Waals surface area contributed by atoms with Crippen LogP contribution in [-0.2, 0) is 0 Å². The van der Waals surface area contributed by atoms with Gasteiger partial charge in [-0.25, -0.2) is 0 Å². The Hall–Kier alpha value is -2.45. The molecule has 2 aromatic rings. The molecular weight excluding hydrogens is 304 g/mol. The van der Waals surface area contributed by atoms with Crippen LogP contribution < -0.4 is 10.1 Å². The molecule has 0 saturated carbocycles. The molecule has 22 heavy (non-hydrogen) atoms. The van der Waals surface area contributed by atoms with Gasteiger partial charge in [-0.05, 0) is 26.0 Å². The fourth-order valence-electron chi connectivity index (χ4n) is 1.81. The molecule has 114 valence electrons. The predicted octanol–water partition coefficient (Wildman–Crippen LogP) is 2.76. The number of carbonyl (C=O) groups is 1. The minimum Gasteiger partial charge on any atom is -0.479 e. The van der Waals surface area contributed by atoms with Gasteiger partial charge < -0.3 is 14.6 Å². The molecule has 0 aliphatic rings. The summed E-state index contributed by atoms with van der Waals surface area (Å²) >= 11 is 5.95. The fraction of sp³-hybridized carbons (Fsp3) is 0.250. The number of hydrogen-bond acceptors (Lipinski definition) is 4. The van der Waals surface area contributed by atoms with Gasteiger partial charge in [0.25, 0.3) is 5.91 Å². The lowest BCUT2D eigenvalue weighted by Gasteiger charge is -2.03. The second-order valence-electron chi connectivity index (χ2n) is 4.45. The monoisotopic (exact) mass is 318 g/mol.